The Kier molecular flexibility index (Phi) is 5.29. The molecule has 9 nitrogen and oxygen atoms in total. The minimum Gasteiger partial charge on any atom is -0.497 e. The molecule has 9 heteroatoms. The van der Waals surface area contributed by atoms with Crippen LogP contribution in [0.4, 0.5) is 0 Å². The number of nitrogens with zero attached hydrogens (tertiary/aromatic N) is 1. The quantitative estimate of drug-likeness (QED) is 0.659. The number of carbonyl (C=O) groups excluding carboxylic acids is 2. The lowest BCUT2D eigenvalue weighted by molar-refractivity contribution is -0.175. The van der Waals surface area contributed by atoms with Gasteiger partial charge in [-0.15, -0.1) is 0 Å². The Bertz CT molecular complexity index is 1020. The van der Waals surface area contributed by atoms with Crippen LogP contribution in [0.1, 0.15) is 43.2 Å². The number of methoxy groups -OCH3 is 2. The van der Waals surface area contributed by atoms with E-state index in [1.165, 1.54) is 14.0 Å². The van der Waals surface area contributed by atoms with E-state index in [9.17, 15) is 14.7 Å². The van der Waals surface area contributed by atoms with E-state index in [4.69, 9.17) is 18.9 Å². The van der Waals surface area contributed by atoms with E-state index in [0.29, 0.717) is 11.5 Å². The lowest BCUT2D eigenvalue weighted by Gasteiger charge is -2.39. The third kappa shape index (κ3) is 3.45. The lowest BCUT2D eigenvalue weighted by Crippen LogP contribution is -2.48. The highest BCUT2D eigenvalue weighted by Gasteiger charge is 2.58. The summed E-state index contributed by atoms with van der Waals surface area (Å²) in [6.45, 7) is 3.23. The van der Waals surface area contributed by atoms with Crippen LogP contribution < -0.4 is 9.47 Å². The summed E-state index contributed by atoms with van der Waals surface area (Å²) in [5.41, 5.74) is -0.258. The van der Waals surface area contributed by atoms with Gasteiger partial charge in [-0.1, -0.05) is 0 Å². The number of carbonyl (C=O) groups is 2. The Morgan fingerprint density at radius 3 is 2.73 bits per heavy atom. The minimum absolute atomic E-state index is 0.177. The second-order valence-electron chi connectivity index (χ2n) is 9.32. The molecule has 33 heavy (non-hydrogen) atoms. The van der Waals surface area contributed by atoms with Gasteiger partial charge in [0.2, 0.25) is 6.79 Å². The summed E-state index contributed by atoms with van der Waals surface area (Å²) in [7, 11) is 2.76. The molecule has 1 spiro atoms. The topological polar surface area (TPSA) is 104 Å². The van der Waals surface area contributed by atoms with E-state index >= 15 is 0 Å². The highest BCUT2D eigenvalue weighted by Crippen LogP contribution is 2.55. The van der Waals surface area contributed by atoms with Crippen molar-refractivity contribution in [3.05, 3.63) is 35.1 Å². The first-order valence-electron chi connectivity index (χ1n) is 11.2. The van der Waals surface area contributed by atoms with Crippen molar-refractivity contribution in [2.24, 2.45) is 0 Å². The Morgan fingerprint density at radius 1 is 1.24 bits per heavy atom. The SMILES string of the molecule is COC(=O)CC(C)(O)C(=O)OC1C(OC)=C[C@]23CCCN2CCc2cc4c(cc2[C@H]13)OCO4. The lowest BCUT2D eigenvalue weighted by atomic mass is 9.77. The molecule has 178 valence electrons. The molecule has 2 unspecified atom stereocenters. The average Bonchev–Trinajstić information content (AvgIpc) is 3.47. The fourth-order valence-corrected chi connectivity index (χ4v) is 5.76. The summed E-state index contributed by atoms with van der Waals surface area (Å²) in [6.07, 6.45) is 3.57. The van der Waals surface area contributed by atoms with Crippen molar-refractivity contribution in [1.29, 1.82) is 0 Å². The van der Waals surface area contributed by atoms with Gasteiger partial charge in [0, 0.05) is 6.54 Å². The Morgan fingerprint density at radius 2 is 2.00 bits per heavy atom. The van der Waals surface area contributed by atoms with E-state index < -0.39 is 30.1 Å². The summed E-state index contributed by atoms with van der Waals surface area (Å²) in [5, 5.41) is 10.7. The van der Waals surface area contributed by atoms with Gasteiger partial charge in [0.25, 0.3) is 0 Å². The van der Waals surface area contributed by atoms with Crippen LogP contribution in [0.3, 0.4) is 0 Å². The number of aliphatic hydroxyl groups is 1. The third-order valence-electron chi connectivity index (χ3n) is 7.35. The molecule has 1 aromatic carbocycles. The van der Waals surface area contributed by atoms with Crippen LogP contribution in [0.5, 0.6) is 11.5 Å². The zero-order valence-electron chi connectivity index (χ0n) is 19.1. The molecule has 3 aliphatic heterocycles. The maximum Gasteiger partial charge on any atom is 0.339 e. The maximum absolute atomic E-state index is 13.1. The maximum atomic E-state index is 13.1. The summed E-state index contributed by atoms with van der Waals surface area (Å²) in [6, 6.07) is 4.01. The van der Waals surface area contributed by atoms with Crippen LogP contribution in [0, 0.1) is 0 Å². The molecule has 5 rings (SSSR count). The molecule has 0 aromatic heterocycles. The smallest absolute Gasteiger partial charge is 0.339 e. The first kappa shape index (κ1) is 22.0. The molecule has 0 bridgehead atoms. The van der Waals surface area contributed by atoms with Crippen molar-refractivity contribution >= 4 is 11.9 Å². The number of hydrogen-bond donors (Lipinski definition) is 1. The zero-order valence-corrected chi connectivity index (χ0v) is 19.1. The fraction of sp³-hybridized carbons (Fsp3) is 0.583. The van der Waals surface area contributed by atoms with Gasteiger partial charge in [0.1, 0.15) is 5.76 Å². The normalized spacial score (nSPS) is 29.2. The highest BCUT2D eigenvalue weighted by atomic mass is 16.7. The summed E-state index contributed by atoms with van der Waals surface area (Å²) >= 11 is 0. The van der Waals surface area contributed by atoms with Crippen LogP contribution in [-0.4, -0.2) is 73.3 Å². The van der Waals surface area contributed by atoms with Crippen molar-refractivity contribution in [3.63, 3.8) is 0 Å². The van der Waals surface area contributed by atoms with Crippen LogP contribution in [-0.2, 0) is 30.2 Å². The van der Waals surface area contributed by atoms with Gasteiger partial charge in [-0.05, 0) is 62.1 Å². The van der Waals surface area contributed by atoms with Crippen LogP contribution in [0.15, 0.2) is 24.0 Å². The minimum atomic E-state index is -2.03. The largest absolute Gasteiger partial charge is 0.497 e. The second kappa shape index (κ2) is 7.92. The van der Waals surface area contributed by atoms with Crippen molar-refractivity contribution in [3.8, 4) is 11.5 Å². The zero-order chi connectivity index (χ0) is 23.4. The van der Waals surface area contributed by atoms with Crippen LogP contribution in [0.25, 0.3) is 0 Å². The molecular formula is C24H29NO8. The monoisotopic (exact) mass is 459 g/mol. The van der Waals surface area contributed by atoms with Gasteiger partial charge in [0.05, 0.1) is 32.1 Å². The second-order valence-corrected chi connectivity index (χ2v) is 9.32. The molecule has 1 N–H and O–H groups in total. The number of ether oxygens (including phenoxy) is 5. The molecule has 0 saturated carbocycles. The van der Waals surface area contributed by atoms with E-state index in [0.717, 1.165) is 49.2 Å². The fourth-order valence-electron chi connectivity index (χ4n) is 5.76. The van der Waals surface area contributed by atoms with Gasteiger partial charge in [-0.2, -0.15) is 0 Å². The molecule has 1 aromatic rings. The van der Waals surface area contributed by atoms with Gasteiger partial charge in [-0.3, -0.25) is 9.69 Å². The highest BCUT2D eigenvalue weighted by molar-refractivity contribution is 5.85. The first-order chi connectivity index (χ1) is 15.8. The molecule has 3 heterocycles. The predicted molar refractivity (Wildman–Crippen MR) is 115 cm³/mol. The molecule has 1 aliphatic carbocycles. The van der Waals surface area contributed by atoms with Crippen molar-refractivity contribution in [1.82, 2.24) is 4.90 Å². The van der Waals surface area contributed by atoms with E-state index in [1.54, 1.807) is 7.11 Å². The van der Waals surface area contributed by atoms with E-state index in [1.807, 2.05) is 12.1 Å². The molecule has 0 amide bonds. The molecular weight excluding hydrogens is 430 g/mol. The van der Waals surface area contributed by atoms with Gasteiger partial charge < -0.3 is 28.8 Å². The van der Waals surface area contributed by atoms with E-state index in [2.05, 4.69) is 15.7 Å². The molecule has 1 saturated heterocycles. The summed E-state index contributed by atoms with van der Waals surface area (Å²) in [4.78, 5) is 27.2. The third-order valence-corrected chi connectivity index (χ3v) is 7.35. The van der Waals surface area contributed by atoms with Crippen molar-refractivity contribution in [2.75, 3.05) is 34.1 Å². The van der Waals surface area contributed by atoms with Gasteiger partial charge >= 0.3 is 11.9 Å². The number of benzene rings is 1. The average molecular weight is 459 g/mol. The molecule has 0 radical (unpaired) electrons. The van der Waals surface area contributed by atoms with Gasteiger partial charge in [0.15, 0.2) is 23.2 Å². The van der Waals surface area contributed by atoms with Crippen LogP contribution in [0.2, 0.25) is 0 Å². The van der Waals surface area contributed by atoms with Crippen molar-refractivity contribution < 1.29 is 38.4 Å². The standard InChI is InChI=1S/C24H29NO8/c1-23(28,12-19(26)30-3)22(27)33-21-18(29-2)11-24-6-4-7-25(24)8-5-14-9-16-17(32-13-31-16)10-15(14)20(21)24/h9-11,20-21,28H,4-8,12-13H2,1-3H3/t20-,21?,23?,24+/m1/s1. The predicted octanol–water partition coefficient (Wildman–Crippen LogP) is 1.66. The Hall–Kier alpha value is -2.78. The number of hydrogen-bond acceptors (Lipinski definition) is 9. The molecule has 4 aliphatic rings. The molecule has 1 fully saturated rings. The number of fused-ring (bicyclic) bond motifs is 3. The molecule has 4 atom stereocenters. The van der Waals surface area contributed by atoms with Gasteiger partial charge in [-0.25, -0.2) is 4.79 Å². The van der Waals surface area contributed by atoms with Crippen molar-refractivity contribution in [2.45, 2.75) is 55.8 Å². The van der Waals surface area contributed by atoms with E-state index in [-0.39, 0.29) is 18.2 Å². The summed E-state index contributed by atoms with van der Waals surface area (Å²) < 4.78 is 27.5. The Balaban J connectivity index is 1.56. The Labute approximate surface area is 192 Å². The van der Waals surface area contributed by atoms with Crippen LogP contribution >= 0.6 is 0 Å². The number of rotatable bonds is 5. The number of esters is 2. The first-order valence-corrected chi connectivity index (χ1v) is 11.2. The summed E-state index contributed by atoms with van der Waals surface area (Å²) in [5.74, 6) is 0.0894.